The number of likely N-dealkylation sites (tertiary alicyclic amines) is 1. The van der Waals surface area contributed by atoms with E-state index in [-0.39, 0.29) is 24.3 Å². The van der Waals surface area contributed by atoms with Crippen LogP contribution in [0.5, 0.6) is 0 Å². The lowest BCUT2D eigenvalue weighted by atomic mass is 9.99. The van der Waals surface area contributed by atoms with E-state index < -0.39 is 0 Å². The van der Waals surface area contributed by atoms with Gasteiger partial charge >= 0.3 is 0 Å². The molecular formula is C14H26N2O3. The number of carbonyl (C=O) groups excluding carboxylic acids is 2. The van der Waals surface area contributed by atoms with Crippen molar-refractivity contribution in [1.29, 1.82) is 0 Å². The van der Waals surface area contributed by atoms with E-state index in [9.17, 15) is 9.59 Å². The van der Waals surface area contributed by atoms with Gasteiger partial charge in [-0.25, -0.2) is 0 Å². The largest absolute Gasteiger partial charge is 0.396 e. The Morgan fingerprint density at radius 3 is 2.74 bits per heavy atom. The van der Waals surface area contributed by atoms with Crippen LogP contribution >= 0.6 is 0 Å². The Balaban J connectivity index is 2.36. The van der Waals surface area contributed by atoms with Crippen molar-refractivity contribution in [3.8, 4) is 0 Å². The molecule has 1 aliphatic heterocycles. The molecule has 1 aliphatic rings. The molecule has 0 bridgehead atoms. The van der Waals surface area contributed by atoms with Gasteiger partial charge in [0.05, 0.1) is 5.92 Å². The Kier molecular flexibility index (Phi) is 6.84. The second-order valence-electron chi connectivity index (χ2n) is 5.25. The van der Waals surface area contributed by atoms with Crippen LogP contribution in [0, 0.1) is 11.8 Å². The minimum atomic E-state index is -0.205. The van der Waals surface area contributed by atoms with E-state index in [1.165, 1.54) is 0 Å². The summed E-state index contributed by atoms with van der Waals surface area (Å²) in [6, 6.07) is 0. The number of aliphatic hydroxyl groups is 1. The average molecular weight is 270 g/mol. The van der Waals surface area contributed by atoms with Crippen LogP contribution in [0.15, 0.2) is 0 Å². The van der Waals surface area contributed by atoms with Gasteiger partial charge < -0.3 is 15.3 Å². The number of aliphatic hydroxyl groups excluding tert-OH is 1. The molecule has 1 rings (SSSR count). The van der Waals surface area contributed by atoms with Crippen LogP contribution in [0.2, 0.25) is 0 Å². The standard InChI is InChI=1S/C14H26N2O3/c1-3-5-11(6-7-17)9-15-14(19)12-8-13(18)16(4-2)10-12/h11-12,17H,3-10H2,1-2H3,(H,15,19). The molecule has 0 radical (unpaired) electrons. The molecule has 0 aliphatic carbocycles. The summed E-state index contributed by atoms with van der Waals surface area (Å²) in [5.74, 6) is 0.175. The van der Waals surface area contributed by atoms with E-state index in [1.807, 2.05) is 6.92 Å². The average Bonchev–Trinajstić information content (AvgIpc) is 2.77. The van der Waals surface area contributed by atoms with Gasteiger partial charge in [-0.1, -0.05) is 13.3 Å². The van der Waals surface area contributed by atoms with Gasteiger partial charge in [0, 0.05) is 32.7 Å². The van der Waals surface area contributed by atoms with Gasteiger partial charge in [0.2, 0.25) is 11.8 Å². The summed E-state index contributed by atoms with van der Waals surface area (Å²) in [5, 5.41) is 11.9. The molecule has 1 fully saturated rings. The highest BCUT2D eigenvalue weighted by molar-refractivity contribution is 5.89. The summed E-state index contributed by atoms with van der Waals surface area (Å²) < 4.78 is 0. The van der Waals surface area contributed by atoms with Crippen LogP contribution < -0.4 is 5.32 Å². The molecule has 110 valence electrons. The van der Waals surface area contributed by atoms with Gasteiger partial charge in [-0.05, 0) is 25.7 Å². The number of hydrogen-bond acceptors (Lipinski definition) is 3. The Labute approximate surface area is 115 Å². The molecule has 5 heteroatoms. The first-order valence-corrected chi connectivity index (χ1v) is 7.28. The van der Waals surface area contributed by atoms with E-state index in [0.29, 0.717) is 32.0 Å². The molecule has 2 unspecified atom stereocenters. The van der Waals surface area contributed by atoms with Crippen LogP contribution in [0.25, 0.3) is 0 Å². The highest BCUT2D eigenvalue weighted by atomic mass is 16.3. The van der Waals surface area contributed by atoms with Gasteiger partial charge in [-0.15, -0.1) is 0 Å². The van der Waals surface area contributed by atoms with Crippen molar-refractivity contribution in [1.82, 2.24) is 10.2 Å². The van der Waals surface area contributed by atoms with Gasteiger partial charge in [0.1, 0.15) is 0 Å². The zero-order valence-corrected chi connectivity index (χ0v) is 12.0. The van der Waals surface area contributed by atoms with Crippen molar-refractivity contribution in [2.24, 2.45) is 11.8 Å². The lowest BCUT2D eigenvalue weighted by molar-refractivity contribution is -0.128. The first-order chi connectivity index (χ1) is 9.12. The Morgan fingerprint density at radius 2 is 2.21 bits per heavy atom. The highest BCUT2D eigenvalue weighted by Crippen LogP contribution is 2.18. The molecule has 2 N–H and O–H groups in total. The lowest BCUT2D eigenvalue weighted by Gasteiger charge is -2.18. The van der Waals surface area contributed by atoms with Crippen molar-refractivity contribution >= 4 is 11.8 Å². The zero-order chi connectivity index (χ0) is 14.3. The van der Waals surface area contributed by atoms with Crippen molar-refractivity contribution in [2.45, 2.75) is 39.5 Å². The Morgan fingerprint density at radius 1 is 1.47 bits per heavy atom. The summed E-state index contributed by atoms with van der Waals surface area (Å²) in [6.45, 7) is 6.00. The number of carbonyl (C=O) groups is 2. The second kappa shape index (κ2) is 8.15. The highest BCUT2D eigenvalue weighted by Gasteiger charge is 2.33. The maximum Gasteiger partial charge on any atom is 0.225 e. The van der Waals surface area contributed by atoms with E-state index in [4.69, 9.17) is 5.11 Å². The Hall–Kier alpha value is -1.10. The second-order valence-corrected chi connectivity index (χ2v) is 5.25. The number of hydrogen-bond donors (Lipinski definition) is 2. The summed E-state index contributed by atoms with van der Waals surface area (Å²) in [5.41, 5.74) is 0. The molecular weight excluding hydrogens is 244 g/mol. The van der Waals surface area contributed by atoms with Crippen LogP contribution in [0.3, 0.4) is 0 Å². The topological polar surface area (TPSA) is 69.6 Å². The van der Waals surface area contributed by atoms with Crippen molar-refractivity contribution in [2.75, 3.05) is 26.2 Å². The monoisotopic (exact) mass is 270 g/mol. The normalized spacial score (nSPS) is 20.7. The quantitative estimate of drug-likeness (QED) is 0.684. The first-order valence-electron chi connectivity index (χ1n) is 7.28. The smallest absolute Gasteiger partial charge is 0.225 e. The molecule has 19 heavy (non-hydrogen) atoms. The van der Waals surface area contributed by atoms with Crippen molar-refractivity contribution in [3.63, 3.8) is 0 Å². The molecule has 0 aromatic carbocycles. The van der Waals surface area contributed by atoms with Gasteiger partial charge in [0.15, 0.2) is 0 Å². The number of nitrogens with one attached hydrogen (secondary N) is 1. The molecule has 0 spiro atoms. The maximum absolute atomic E-state index is 12.0. The number of rotatable bonds is 8. The van der Waals surface area contributed by atoms with Gasteiger partial charge in [0.25, 0.3) is 0 Å². The Bertz CT molecular complexity index is 301. The first kappa shape index (κ1) is 16.0. The third kappa shape index (κ3) is 4.82. The van der Waals surface area contributed by atoms with Crippen LogP contribution in [0.1, 0.15) is 39.5 Å². The van der Waals surface area contributed by atoms with Gasteiger partial charge in [-0.3, -0.25) is 9.59 Å². The SMILES string of the molecule is CCCC(CCO)CNC(=O)C1CC(=O)N(CC)C1. The zero-order valence-electron chi connectivity index (χ0n) is 12.0. The predicted octanol–water partition coefficient (Wildman–Crippen LogP) is 0.770. The molecule has 0 aromatic rings. The van der Waals surface area contributed by atoms with Crippen LogP contribution in [0.4, 0.5) is 0 Å². The minimum Gasteiger partial charge on any atom is -0.396 e. The van der Waals surface area contributed by atoms with Crippen LogP contribution in [-0.2, 0) is 9.59 Å². The molecule has 5 nitrogen and oxygen atoms in total. The summed E-state index contributed by atoms with van der Waals surface area (Å²) in [7, 11) is 0. The van der Waals surface area contributed by atoms with E-state index in [2.05, 4.69) is 12.2 Å². The van der Waals surface area contributed by atoms with Crippen molar-refractivity contribution in [3.05, 3.63) is 0 Å². The van der Waals surface area contributed by atoms with E-state index in [1.54, 1.807) is 4.90 Å². The molecule has 2 amide bonds. The van der Waals surface area contributed by atoms with Gasteiger partial charge in [-0.2, -0.15) is 0 Å². The molecule has 1 saturated heterocycles. The third-order valence-electron chi connectivity index (χ3n) is 3.77. The fourth-order valence-electron chi connectivity index (χ4n) is 2.58. The molecule has 2 atom stereocenters. The van der Waals surface area contributed by atoms with E-state index in [0.717, 1.165) is 19.3 Å². The number of nitrogens with zero attached hydrogens (tertiary/aromatic N) is 1. The fourth-order valence-corrected chi connectivity index (χ4v) is 2.58. The molecule has 1 heterocycles. The summed E-state index contributed by atoms with van der Waals surface area (Å²) >= 11 is 0. The predicted molar refractivity (Wildman–Crippen MR) is 73.5 cm³/mol. The maximum atomic E-state index is 12.0. The van der Waals surface area contributed by atoms with Crippen molar-refractivity contribution < 1.29 is 14.7 Å². The third-order valence-corrected chi connectivity index (χ3v) is 3.77. The minimum absolute atomic E-state index is 0.0247. The van der Waals surface area contributed by atoms with E-state index >= 15 is 0 Å². The lowest BCUT2D eigenvalue weighted by Crippen LogP contribution is -2.36. The molecule has 0 aromatic heterocycles. The number of amides is 2. The van der Waals surface area contributed by atoms with Crippen LogP contribution in [-0.4, -0.2) is 48.1 Å². The fraction of sp³-hybridized carbons (Fsp3) is 0.857. The summed E-state index contributed by atoms with van der Waals surface area (Å²) in [6.07, 6.45) is 3.11. The molecule has 0 saturated carbocycles. The summed E-state index contributed by atoms with van der Waals surface area (Å²) in [4.78, 5) is 25.3.